The topological polar surface area (TPSA) is 62.2 Å². The van der Waals surface area contributed by atoms with Gasteiger partial charge in [-0.2, -0.15) is 0 Å². The molecule has 4 nitrogen and oxygen atoms in total. The van der Waals surface area contributed by atoms with Crippen LogP contribution in [0.3, 0.4) is 0 Å². The Kier molecular flexibility index (Phi) is 6.15. The largest absolute Gasteiger partial charge is 0.396 e. The van der Waals surface area contributed by atoms with E-state index in [1.165, 1.54) is 11.3 Å². The second-order valence-electron chi connectivity index (χ2n) is 4.14. The highest BCUT2D eigenvalue weighted by atomic mass is 32.1. The van der Waals surface area contributed by atoms with Crippen molar-refractivity contribution in [2.24, 2.45) is 5.92 Å². The number of thiazole rings is 1. The van der Waals surface area contributed by atoms with Crippen LogP contribution in [0.2, 0.25) is 0 Å². The van der Waals surface area contributed by atoms with Gasteiger partial charge in [0.05, 0.1) is 11.2 Å². The number of carbonyl (C=O) groups excluding carboxylic acids is 1. The standard InChI is InChI=1S/C12H20N2O2S/c1-3-4-10(5-6-15)7-13-12(16)11-9(2)14-8-17-11/h8,10,15H,3-7H2,1-2H3,(H,13,16). The van der Waals surface area contributed by atoms with Gasteiger partial charge in [0.1, 0.15) is 4.88 Å². The number of nitrogens with one attached hydrogen (secondary N) is 1. The lowest BCUT2D eigenvalue weighted by atomic mass is 10.0. The summed E-state index contributed by atoms with van der Waals surface area (Å²) in [5.41, 5.74) is 2.46. The van der Waals surface area contributed by atoms with E-state index in [1.807, 2.05) is 6.92 Å². The third kappa shape index (κ3) is 4.44. The van der Waals surface area contributed by atoms with Crippen LogP contribution in [0.1, 0.15) is 41.6 Å². The third-order valence-corrected chi connectivity index (χ3v) is 3.66. The van der Waals surface area contributed by atoms with Crippen LogP contribution in [-0.2, 0) is 0 Å². The Balaban J connectivity index is 2.43. The van der Waals surface area contributed by atoms with Crippen LogP contribution >= 0.6 is 11.3 Å². The van der Waals surface area contributed by atoms with Gasteiger partial charge < -0.3 is 10.4 Å². The van der Waals surface area contributed by atoms with Crippen molar-refractivity contribution >= 4 is 17.2 Å². The molecule has 0 aliphatic rings. The van der Waals surface area contributed by atoms with Crippen molar-refractivity contribution in [3.05, 3.63) is 16.1 Å². The fourth-order valence-electron chi connectivity index (χ4n) is 1.78. The fourth-order valence-corrected chi connectivity index (χ4v) is 2.50. The van der Waals surface area contributed by atoms with E-state index in [0.717, 1.165) is 25.0 Å². The first-order chi connectivity index (χ1) is 8.19. The molecular formula is C12H20N2O2S. The number of aliphatic hydroxyl groups is 1. The highest BCUT2D eigenvalue weighted by Crippen LogP contribution is 2.13. The zero-order chi connectivity index (χ0) is 12.7. The van der Waals surface area contributed by atoms with Crippen LogP contribution in [0.15, 0.2) is 5.51 Å². The summed E-state index contributed by atoms with van der Waals surface area (Å²) >= 11 is 1.36. The molecule has 0 spiro atoms. The Hall–Kier alpha value is -0.940. The molecule has 1 unspecified atom stereocenters. The van der Waals surface area contributed by atoms with Crippen molar-refractivity contribution in [3.8, 4) is 0 Å². The Morgan fingerprint density at radius 3 is 2.88 bits per heavy atom. The van der Waals surface area contributed by atoms with Crippen molar-refractivity contribution in [1.82, 2.24) is 10.3 Å². The van der Waals surface area contributed by atoms with E-state index in [2.05, 4.69) is 17.2 Å². The zero-order valence-electron chi connectivity index (χ0n) is 10.4. The van der Waals surface area contributed by atoms with Gasteiger partial charge in [0, 0.05) is 13.2 Å². The summed E-state index contributed by atoms with van der Waals surface area (Å²) in [6.45, 7) is 4.76. The van der Waals surface area contributed by atoms with E-state index in [0.29, 0.717) is 17.3 Å². The van der Waals surface area contributed by atoms with E-state index in [-0.39, 0.29) is 12.5 Å². The zero-order valence-corrected chi connectivity index (χ0v) is 11.2. The first-order valence-corrected chi connectivity index (χ1v) is 6.86. The van der Waals surface area contributed by atoms with Gasteiger partial charge in [0.2, 0.25) is 0 Å². The van der Waals surface area contributed by atoms with Gasteiger partial charge in [-0.3, -0.25) is 4.79 Å². The summed E-state index contributed by atoms with van der Waals surface area (Å²) in [6.07, 6.45) is 2.85. The van der Waals surface area contributed by atoms with Gasteiger partial charge in [-0.1, -0.05) is 13.3 Å². The molecule has 1 rings (SSSR count). The molecular weight excluding hydrogens is 236 g/mol. The molecule has 1 aromatic heterocycles. The summed E-state index contributed by atoms with van der Waals surface area (Å²) in [4.78, 5) is 16.6. The molecule has 0 saturated heterocycles. The molecule has 0 radical (unpaired) electrons. The van der Waals surface area contributed by atoms with Gasteiger partial charge in [0.15, 0.2) is 0 Å². The van der Waals surface area contributed by atoms with E-state index in [9.17, 15) is 4.79 Å². The molecule has 0 bridgehead atoms. The Morgan fingerprint density at radius 2 is 2.35 bits per heavy atom. The van der Waals surface area contributed by atoms with E-state index in [4.69, 9.17) is 5.11 Å². The van der Waals surface area contributed by atoms with Crippen molar-refractivity contribution in [1.29, 1.82) is 0 Å². The molecule has 0 saturated carbocycles. The quantitative estimate of drug-likeness (QED) is 0.784. The molecule has 1 aromatic rings. The second kappa shape index (κ2) is 7.40. The van der Waals surface area contributed by atoms with Crippen LogP contribution in [0.25, 0.3) is 0 Å². The lowest BCUT2D eigenvalue weighted by Gasteiger charge is -2.15. The Labute approximate surface area is 106 Å². The summed E-state index contributed by atoms with van der Waals surface area (Å²) in [7, 11) is 0. The average molecular weight is 256 g/mol. The SMILES string of the molecule is CCCC(CCO)CNC(=O)c1scnc1C. The fraction of sp³-hybridized carbons (Fsp3) is 0.667. The lowest BCUT2D eigenvalue weighted by molar-refractivity contribution is 0.0946. The smallest absolute Gasteiger partial charge is 0.263 e. The van der Waals surface area contributed by atoms with Gasteiger partial charge in [0.25, 0.3) is 5.91 Å². The monoisotopic (exact) mass is 256 g/mol. The number of aromatic nitrogens is 1. The molecule has 2 N–H and O–H groups in total. The highest BCUT2D eigenvalue weighted by Gasteiger charge is 2.13. The first kappa shape index (κ1) is 14.1. The maximum atomic E-state index is 11.8. The number of rotatable bonds is 7. The molecule has 17 heavy (non-hydrogen) atoms. The Bertz CT molecular complexity index is 346. The number of hydrogen-bond acceptors (Lipinski definition) is 4. The molecule has 0 aromatic carbocycles. The predicted octanol–water partition coefficient (Wildman–Crippen LogP) is 1.98. The normalized spacial score (nSPS) is 12.4. The van der Waals surface area contributed by atoms with Crippen LogP contribution in [0.5, 0.6) is 0 Å². The number of hydrogen-bond donors (Lipinski definition) is 2. The number of aryl methyl sites for hydroxylation is 1. The number of aliphatic hydroxyl groups excluding tert-OH is 1. The summed E-state index contributed by atoms with van der Waals surface area (Å²) in [5, 5.41) is 11.9. The van der Waals surface area contributed by atoms with Crippen molar-refractivity contribution < 1.29 is 9.90 Å². The van der Waals surface area contributed by atoms with Gasteiger partial charge in [-0.15, -0.1) is 11.3 Å². The van der Waals surface area contributed by atoms with Crippen molar-refractivity contribution in [3.63, 3.8) is 0 Å². The highest BCUT2D eigenvalue weighted by molar-refractivity contribution is 7.11. The summed E-state index contributed by atoms with van der Waals surface area (Å²) in [6, 6.07) is 0. The van der Waals surface area contributed by atoms with Gasteiger partial charge in [-0.05, 0) is 25.7 Å². The predicted molar refractivity (Wildman–Crippen MR) is 69.3 cm³/mol. The average Bonchev–Trinajstić information content (AvgIpc) is 2.72. The number of carbonyl (C=O) groups is 1. The second-order valence-corrected chi connectivity index (χ2v) is 5.00. The molecule has 96 valence electrons. The van der Waals surface area contributed by atoms with Crippen molar-refractivity contribution in [2.75, 3.05) is 13.2 Å². The molecule has 5 heteroatoms. The maximum Gasteiger partial charge on any atom is 0.263 e. The molecule has 1 heterocycles. The van der Waals surface area contributed by atoms with E-state index < -0.39 is 0 Å². The minimum atomic E-state index is -0.0518. The number of amides is 1. The minimum Gasteiger partial charge on any atom is -0.396 e. The van der Waals surface area contributed by atoms with Crippen LogP contribution in [-0.4, -0.2) is 29.1 Å². The molecule has 1 atom stereocenters. The molecule has 1 amide bonds. The van der Waals surface area contributed by atoms with E-state index >= 15 is 0 Å². The van der Waals surface area contributed by atoms with Gasteiger partial charge >= 0.3 is 0 Å². The molecule has 0 fully saturated rings. The first-order valence-electron chi connectivity index (χ1n) is 5.98. The minimum absolute atomic E-state index is 0.0518. The third-order valence-electron chi connectivity index (χ3n) is 2.74. The maximum absolute atomic E-state index is 11.8. The van der Waals surface area contributed by atoms with Crippen LogP contribution < -0.4 is 5.32 Å². The molecule has 0 aliphatic carbocycles. The van der Waals surface area contributed by atoms with Crippen molar-refractivity contribution in [2.45, 2.75) is 33.1 Å². The van der Waals surface area contributed by atoms with Crippen LogP contribution in [0, 0.1) is 12.8 Å². The van der Waals surface area contributed by atoms with E-state index in [1.54, 1.807) is 5.51 Å². The summed E-state index contributed by atoms with van der Waals surface area (Å²) < 4.78 is 0. The summed E-state index contributed by atoms with van der Waals surface area (Å²) in [5.74, 6) is 0.311. The van der Waals surface area contributed by atoms with Crippen LogP contribution in [0.4, 0.5) is 0 Å². The molecule has 0 aliphatic heterocycles. The number of nitrogens with zero attached hydrogens (tertiary/aromatic N) is 1. The Morgan fingerprint density at radius 1 is 1.59 bits per heavy atom. The van der Waals surface area contributed by atoms with Gasteiger partial charge in [-0.25, -0.2) is 4.98 Å². The lowest BCUT2D eigenvalue weighted by Crippen LogP contribution is -2.29.